The Morgan fingerprint density at radius 1 is 1.19 bits per heavy atom. The van der Waals surface area contributed by atoms with Crippen LogP contribution in [0.15, 0.2) is 36.7 Å². The number of nitrogens with zero attached hydrogens (tertiary/aromatic N) is 2. The molecular weight excluding hydrogens is 288 g/mol. The summed E-state index contributed by atoms with van der Waals surface area (Å²) in [5.74, 6) is 0.440. The molecule has 1 amide bonds. The molecule has 0 aliphatic rings. The van der Waals surface area contributed by atoms with Crippen molar-refractivity contribution in [3.63, 3.8) is 0 Å². The Morgan fingerprint density at radius 2 is 1.95 bits per heavy atom. The van der Waals surface area contributed by atoms with Crippen molar-refractivity contribution >= 4 is 23.3 Å². The van der Waals surface area contributed by atoms with Crippen molar-refractivity contribution in [3.8, 4) is 0 Å². The van der Waals surface area contributed by atoms with Gasteiger partial charge in [-0.2, -0.15) is 0 Å². The summed E-state index contributed by atoms with van der Waals surface area (Å²) in [5, 5.41) is 6.55. The van der Waals surface area contributed by atoms with E-state index in [-0.39, 0.29) is 5.91 Å². The number of halogens is 1. The molecule has 2 aromatic rings. The molecule has 0 fully saturated rings. The van der Waals surface area contributed by atoms with Crippen LogP contribution in [-0.2, 0) is 6.42 Å². The summed E-state index contributed by atoms with van der Waals surface area (Å²) in [7, 11) is 0. The lowest BCUT2D eigenvalue weighted by Crippen LogP contribution is -2.26. The Hall–Kier alpha value is -2.14. The monoisotopic (exact) mass is 304 g/mol. The number of carbonyl (C=O) groups excluding carboxylic acids is 1. The number of rotatable bonds is 6. The van der Waals surface area contributed by atoms with E-state index in [2.05, 4.69) is 20.6 Å². The molecule has 2 N–H and O–H groups in total. The minimum atomic E-state index is -0.223. The van der Waals surface area contributed by atoms with Crippen LogP contribution < -0.4 is 10.6 Å². The van der Waals surface area contributed by atoms with Gasteiger partial charge < -0.3 is 10.6 Å². The second kappa shape index (κ2) is 7.59. The van der Waals surface area contributed by atoms with Crippen molar-refractivity contribution < 1.29 is 4.79 Å². The normalized spacial score (nSPS) is 10.2. The van der Waals surface area contributed by atoms with Crippen LogP contribution in [-0.4, -0.2) is 29.0 Å². The molecule has 5 nitrogen and oxygen atoms in total. The predicted octanol–water partition coefficient (Wildman–Crippen LogP) is 2.53. The Labute approximate surface area is 128 Å². The maximum Gasteiger partial charge on any atom is 0.271 e. The number of carbonyl (C=O) groups is 1. The maximum absolute atomic E-state index is 11.9. The van der Waals surface area contributed by atoms with E-state index in [9.17, 15) is 4.79 Å². The van der Waals surface area contributed by atoms with Crippen molar-refractivity contribution in [1.29, 1.82) is 0 Å². The second-order valence-corrected chi connectivity index (χ2v) is 4.89. The topological polar surface area (TPSA) is 66.9 Å². The van der Waals surface area contributed by atoms with Crippen LogP contribution in [0.3, 0.4) is 0 Å². The fourth-order valence-corrected chi connectivity index (χ4v) is 1.91. The van der Waals surface area contributed by atoms with Gasteiger partial charge in [-0.1, -0.05) is 23.7 Å². The van der Waals surface area contributed by atoms with E-state index in [0.29, 0.717) is 23.1 Å². The lowest BCUT2D eigenvalue weighted by Gasteiger charge is -2.06. The summed E-state index contributed by atoms with van der Waals surface area (Å²) in [6.45, 7) is 3.28. The number of amides is 1. The molecule has 0 aliphatic heterocycles. The van der Waals surface area contributed by atoms with Gasteiger partial charge in [0.25, 0.3) is 5.91 Å². The molecule has 0 saturated heterocycles. The van der Waals surface area contributed by atoms with Crippen LogP contribution in [0.5, 0.6) is 0 Å². The molecule has 1 heterocycles. The van der Waals surface area contributed by atoms with Crippen molar-refractivity contribution in [2.45, 2.75) is 13.3 Å². The summed E-state index contributed by atoms with van der Waals surface area (Å²) in [5.41, 5.74) is 1.43. The first-order valence-corrected chi connectivity index (χ1v) is 7.15. The number of hydrogen-bond acceptors (Lipinski definition) is 4. The minimum Gasteiger partial charge on any atom is -0.369 e. The Kier molecular flexibility index (Phi) is 5.51. The fourth-order valence-electron chi connectivity index (χ4n) is 1.78. The van der Waals surface area contributed by atoms with Crippen molar-refractivity contribution in [2.24, 2.45) is 0 Å². The first-order valence-electron chi connectivity index (χ1n) is 6.77. The van der Waals surface area contributed by atoms with Gasteiger partial charge in [0.2, 0.25) is 0 Å². The zero-order valence-electron chi connectivity index (χ0n) is 11.8. The SMILES string of the molecule is CCNc1cnc(C(=O)NCCc2ccc(Cl)cc2)cn1. The average molecular weight is 305 g/mol. The molecule has 1 aromatic heterocycles. The van der Waals surface area contributed by atoms with Gasteiger partial charge >= 0.3 is 0 Å². The largest absolute Gasteiger partial charge is 0.369 e. The highest BCUT2D eigenvalue weighted by atomic mass is 35.5. The van der Waals surface area contributed by atoms with E-state index < -0.39 is 0 Å². The van der Waals surface area contributed by atoms with Crippen LogP contribution in [0.25, 0.3) is 0 Å². The Balaban J connectivity index is 1.82. The number of nitrogens with one attached hydrogen (secondary N) is 2. The molecule has 0 spiro atoms. The summed E-state index contributed by atoms with van der Waals surface area (Å²) < 4.78 is 0. The van der Waals surface area contributed by atoms with Gasteiger partial charge in [0.05, 0.1) is 12.4 Å². The number of hydrogen-bond donors (Lipinski definition) is 2. The highest BCUT2D eigenvalue weighted by molar-refractivity contribution is 6.30. The molecule has 0 bridgehead atoms. The molecule has 1 aromatic carbocycles. The molecule has 6 heteroatoms. The molecule has 0 atom stereocenters. The Morgan fingerprint density at radius 3 is 2.57 bits per heavy atom. The first-order chi connectivity index (χ1) is 10.2. The third-order valence-corrected chi connectivity index (χ3v) is 3.11. The van der Waals surface area contributed by atoms with Crippen molar-refractivity contribution in [1.82, 2.24) is 15.3 Å². The van der Waals surface area contributed by atoms with Gasteiger partial charge in [-0.15, -0.1) is 0 Å². The van der Waals surface area contributed by atoms with Gasteiger partial charge in [0.15, 0.2) is 0 Å². The van der Waals surface area contributed by atoms with Crippen LogP contribution in [0.4, 0.5) is 5.82 Å². The lowest BCUT2D eigenvalue weighted by atomic mass is 10.1. The second-order valence-electron chi connectivity index (χ2n) is 4.45. The van der Waals surface area contributed by atoms with Gasteiger partial charge in [0, 0.05) is 18.1 Å². The van der Waals surface area contributed by atoms with Crippen LogP contribution >= 0.6 is 11.6 Å². The molecule has 0 saturated carbocycles. The number of benzene rings is 1. The molecule has 21 heavy (non-hydrogen) atoms. The van der Waals surface area contributed by atoms with Gasteiger partial charge in [-0.3, -0.25) is 4.79 Å². The van der Waals surface area contributed by atoms with Gasteiger partial charge in [-0.05, 0) is 31.0 Å². The fraction of sp³-hybridized carbons (Fsp3) is 0.267. The summed E-state index contributed by atoms with van der Waals surface area (Å²) in [6, 6.07) is 7.56. The minimum absolute atomic E-state index is 0.223. The van der Waals surface area contributed by atoms with E-state index in [0.717, 1.165) is 18.5 Å². The number of anilines is 1. The Bertz CT molecular complexity index is 584. The third-order valence-electron chi connectivity index (χ3n) is 2.85. The summed E-state index contributed by atoms with van der Waals surface area (Å²) in [4.78, 5) is 20.1. The molecular formula is C15H17ClN4O. The summed E-state index contributed by atoms with van der Waals surface area (Å²) in [6.07, 6.45) is 3.76. The quantitative estimate of drug-likeness (QED) is 0.860. The maximum atomic E-state index is 11.9. The predicted molar refractivity (Wildman–Crippen MR) is 83.7 cm³/mol. The van der Waals surface area contributed by atoms with Gasteiger partial charge in [-0.25, -0.2) is 9.97 Å². The van der Waals surface area contributed by atoms with Crippen LogP contribution in [0, 0.1) is 0 Å². The zero-order chi connectivity index (χ0) is 15.1. The van der Waals surface area contributed by atoms with Crippen LogP contribution in [0.1, 0.15) is 23.0 Å². The number of aromatic nitrogens is 2. The smallest absolute Gasteiger partial charge is 0.271 e. The van der Waals surface area contributed by atoms with Crippen molar-refractivity contribution in [3.05, 3.63) is 52.9 Å². The van der Waals surface area contributed by atoms with Crippen molar-refractivity contribution in [2.75, 3.05) is 18.4 Å². The van der Waals surface area contributed by atoms with E-state index in [1.807, 2.05) is 31.2 Å². The highest BCUT2D eigenvalue weighted by Crippen LogP contribution is 2.09. The van der Waals surface area contributed by atoms with E-state index in [1.165, 1.54) is 6.20 Å². The van der Waals surface area contributed by atoms with E-state index >= 15 is 0 Å². The average Bonchev–Trinajstić information content (AvgIpc) is 2.50. The summed E-state index contributed by atoms with van der Waals surface area (Å²) >= 11 is 5.82. The molecule has 0 aliphatic carbocycles. The zero-order valence-corrected chi connectivity index (χ0v) is 12.5. The van der Waals surface area contributed by atoms with Crippen LogP contribution in [0.2, 0.25) is 5.02 Å². The molecule has 2 rings (SSSR count). The molecule has 0 radical (unpaired) electrons. The standard InChI is InChI=1S/C15H17ClN4O/c1-2-17-14-10-19-13(9-20-14)15(21)18-8-7-11-3-5-12(16)6-4-11/h3-6,9-10H,2,7-8H2,1H3,(H,17,20)(H,18,21). The first kappa shape index (κ1) is 15.3. The molecule has 0 unspecified atom stereocenters. The highest BCUT2D eigenvalue weighted by Gasteiger charge is 2.07. The lowest BCUT2D eigenvalue weighted by molar-refractivity contribution is 0.0949. The molecule has 110 valence electrons. The van der Waals surface area contributed by atoms with E-state index in [4.69, 9.17) is 11.6 Å². The van der Waals surface area contributed by atoms with Gasteiger partial charge in [0.1, 0.15) is 11.5 Å². The van der Waals surface area contributed by atoms with E-state index in [1.54, 1.807) is 6.20 Å². The third kappa shape index (κ3) is 4.72.